The Balaban J connectivity index is 1.76. The third kappa shape index (κ3) is 3.48. The number of likely N-dealkylation sites (N-methyl/N-ethyl adjacent to an activating group) is 1. The van der Waals surface area contributed by atoms with Gasteiger partial charge in [0, 0.05) is 24.3 Å². The number of anilines is 1. The Morgan fingerprint density at radius 1 is 1.32 bits per heavy atom. The first-order valence-corrected chi connectivity index (χ1v) is 7.31. The third-order valence-electron chi connectivity index (χ3n) is 4.34. The van der Waals surface area contributed by atoms with Crippen LogP contribution in [0.25, 0.3) is 0 Å². The van der Waals surface area contributed by atoms with Gasteiger partial charge in [-0.2, -0.15) is 0 Å². The predicted octanol–water partition coefficient (Wildman–Crippen LogP) is 2.19. The number of nitrogens with zero attached hydrogens (tertiary/aromatic N) is 1. The predicted molar refractivity (Wildman–Crippen MR) is 80.8 cm³/mol. The zero-order valence-corrected chi connectivity index (χ0v) is 12.2. The van der Waals surface area contributed by atoms with E-state index in [1.54, 1.807) is 0 Å². The third-order valence-corrected chi connectivity index (χ3v) is 4.34. The fraction of sp³-hybridized carbons (Fsp3) is 0.625. The van der Waals surface area contributed by atoms with E-state index in [1.807, 2.05) is 7.05 Å². The van der Waals surface area contributed by atoms with E-state index in [-0.39, 0.29) is 12.1 Å². The largest absolute Gasteiger partial charge is 0.394 e. The lowest BCUT2D eigenvalue weighted by Crippen LogP contribution is -2.43. The van der Waals surface area contributed by atoms with Gasteiger partial charge in [-0.05, 0) is 51.3 Å². The van der Waals surface area contributed by atoms with E-state index < -0.39 is 0 Å². The van der Waals surface area contributed by atoms with Crippen molar-refractivity contribution in [1.29, 1.82) is 0 Å². The fourth-order valence-electron chi connectivity index (χ4n) is 2.74. The summed E-state index contributed by atoms with van der Waals surface area (Å²) in [4.78, 5) is 2.49. The lowest BCUT2D eigenvalue weighted by atomic mass is 9.96. The molecule has 1 aromatic rings. The normalized spacial score (nSPS) is 17.3. The number of para-hydroxylation sites is 1. The van der Waals surface area contributed by atoms with Crippen LogP contribution in [0.3, 0.4) is 0 Å². The second-order valence-corrected chi connectivity index (χ2v) is 5.79. The van der Waals surface area contributed by atoms with Crippen LogP contribution >= 0.6 is 0 Å². The molecule has 1 unspecified atom stereocenters. The summed E-state index contributed by atoms with van der Waals surface area (Å²) in [6.45, 7) is 4.57. The van der Waals surface area contributed by atoms with E-state index in [4.69, 9.17) is 0 Å². The van der Waals surface area contributed by atoms with E-state index in [9.17, 15) is 5.11 Å². The van der Waals surface area contributed by atoms with Gasteiger partial charge in [0.1, 0.15) is 0 Å². The highest BCUT2D eigenvalue weighted by Crippen LogP contribution is 2.27. The average Bonchev–Trinajstić information content (AvgIpc) is 2.87. The Morgan fingerprint density at radius 2 is 2.11 bits per heavy atom. The molecule has 3 nitrogen and oxygen atoms in total. The molecule has 1 heterocycles. The van der Waals surface area contributed by atoms with Crippen molar-refractivity contribution in [2.24, 2.45) is 0 Å². The molecular formula is C16H26N2O. The van der Waals surface area contributed by atoms with Crippen molar-refractivity contribution in [2.75, 3.05) is 31.6 Å². The Labute approximate surface area is 116 Å². The number of aliphatic hydroxyl groups excluding tert-OH is 1. The quantitative estimate of drug-likeness (QED) is 0.739. The van der Waals surface area contributed by atoms with Crippen LogP contribution in [0.1, 0.15) is 31.7 Å². The van der Waals surface area contributed by atoms with Crippen LogP contribution in [-0.4, -0.2) is 37.4 Å². The topological polar surface area (TPSA) is 35.5 Å². The van der Waals surface area contributed by atoms with Crippen LogP contribution in [0.2, 0.25) is 0 Å². The first-order valence-electron chi connectivity index (χ1n) is 7.31. The second kappa shape index (κ2) is 6.40. The summed E-state index contributed by atoms with van der Waals surface area (Å²) in [5.74, 6) is 0. The lowest BCUT2D eigenvalue weighted by Gasteiger charge is -2.27. The van der Waals surface area contributed by atoms with Crippen molar-refractivity contribution in [3.8, 4) is 0 Å². The number of fused-ring (bicyclic) bond motifs is 1. The molecule has 0 saturated carbocycles. The maximum atomic E-state index is 9.35. The molecule has 0 bridgehead atoms. The van der Waals surface area contributed by atoms with Gasteiger partial charge in [0.05, 0.1) is 6.61 Å². The molecule has 0 aromatic heterocycles. The van der Waals surface area contributed by atoms with Crippen LogP contribution in [0, 0.1) is 0 Å². The van der Waals surface area contributed by atoms with Crippen molar-refractivity contribution in [3.05, 3.63) is 29.8 Å². The molecule has 1 aliphatic heterocycles. The highest BCUT2D eigenvalue weighted by Gasteiger charge is 2.21. The van der Waals surface area contributed by atoms with Gasteiger partial charge in [-0.1, -0.05) is 18.2 Å². The minimum absolute atomic E-state index is 0.122. The molecule has 2 N–H and O–H groups in total. The molecule has 1 atom stereocenters. The Bertz CT molecular complexity index is 401. The summed E-state index contributed by atoms with van der Waals surface area (Å²) >= 11 is 0. The molecule has 0 radical (unpaired) electrons. The van der Waals surface area contributed by atoms with Crippen LogP contribution in [-0.2, 0) is 6.42 Å². The van der Waals surface area contributed by atoms with Gasteiger partial charge in [0.15, 0.2) is 0 Å². The molecular weight excluding hydrogens is 236 g/mol. The molecule has 19 heavy (non-hydrogen) atoms. The van der Waals surface area contributed by atoms with Crippen molar-refractivity contribution in [3.63, 3.8) is 0 Å². The molecule has 2 rings (SSSR count). The zero-order valence-electron chi connectivity index (χ0n) is 12.2. The van der Waals surface area contributed by atoms with E-state index in [1.165, 1.54) is 24.1 Å². The number of benzene rings is 1. The molecule has 0 spiro atoms. The summed E-state index contributed by atoms with van der Waals surface area (Å²) < 4.78 is 0. The van der Waals surface area contributed by atoms with Crippen molar-refractivity contribution >= 4 is 5.69 Å². The maximum Gasteiger partial charge on any atom is 0.0610 e. The van der Waals surface area contributed by atoms with Crippen molar-refractivity contribution < 1.29 is 5.11 Å². The lowest BCUT2D eigenvalue weighted by molar-refractivity contribution is 0.171. The number of hydrogen-bond donors (Lipinski definition) is 2. The van der Waals surface area contributed by atoms with Crippen LogP contribution in [0.5, 0.6) is 0 Å². The minimum Gasteiger partial charge on any atom is -0.394 e. The summed E-state index contributed by atoms with van der Waals surface area (Å²) in [7, 11) is 1.92. The van der Waals surface area contributed by atoms with Gasteiger partial charge < -0.3 is 15.3 Å². The first-order chi connectivity index (χ1) is 9.18. The van der Waals surface area contributed by atoms with Gasteiger partial charge in [-0.3, -0.25) is 0 Å². The maximum absolute atomic E-state index is 9.35. The van der Waals surface area contributed by atoms with Crippen LogP contribution in [0.4, 0.5) is 5.69 Å². The van der Waals surface area contributed by atoms with Crippen LogP contribution < -0.4 is 10.2 Å². The molecule has 0 fully saturated rings. The van der Waals surface area contributed by atoms with Crippen LogP contribution in [0.15, 0.2) is 24.3 Å². The number of nitrogens with one attached hydrogen (secondary N) is 1. The summed E-state index contributed by atoms with van der Waals surface area (Å²) in [5.41, 5.74) is 2.78. The number of hydrogen-bond acceptors (Lipinski definition) is 3. The standard InChI is InChI=1S/C16H26N2O/c1-16(13-19,17-2)10-5-6-11-18-12-9-14-7-3-4-8-15(14)18/h3-4,7-8,17,19H,5-6,9-13H2,1-2H3. The Morgan fingerprint density at radius 3 is 2.84 bits per heavy atom. The molecule has 3 heteroatoms. The Hall–Kier alpha value is -1.06. The van der Waals surface area contributed by atoms with E-state index in [2.05, 4.69) is 41.4 Å². The molecule has 0 saturated heterocycles. The van der Waals surface area contributed by atoms with E-state index >= 15 is 0 Å². The SMILES string of the molecule is CNC(C)(CO)CCCCN1CCc2ccccc21. The molecule has 0 amide bonds. The smallest absolute Gasteiger partial charge is 0.0610 e. The number of unbranched alkanes of at least 4 members (excludes halogenated alkanes) is 1. The first kappa shape index (κ1) is 14.4. The summed E-state index contributed by atoms with van der Waals surface area (Å²) in [5, 5.41) is 12.6. The fourth-order valence-corrected chi connectivity index (χ4v) is 2.74. The van der Waals surface area contributed by atoms with Gasteiger partial charge in [-0.15, -0.1) is 0 Å². The monoisotopic (exact) mass is 262 g/mol. The van der Waals surface area contributed by atoms with Crippen molar-refractivity contribution in [2.45, 2.75) is 38.1 Å². The molecule has 1 aromatic carbocycles. The second-order valence-electron chi connectivity index (χ2n) is 5.79. The number of rotatable bonds is 7. The summed E-state index contributed by atoms with van der Waals surface area (Å²) in [6.07, 6.45) is 4.54. The zero-order chi connectivity index (χ0) is 13.7. The minimum atomic E-state index is -0.122. The van der Waals surface area contributed by atoms with E-state index in [0.717, 1.165) is 25.9 Å². The van der Waals surface area contributed by atoms with Gasteiger partial charge in [0.2, 0.25) is 0 Å². The van der Waals surface area contributed by atoms with Gasteiger partial charge in [-0.25, -0.2) is 0 Å². The molecule has 0 aliphatic carbocycles. The van der Waals surface area contributed by atoms with Crippen molar-refractivity contribution in [1.82, 2.24) is 5.32 Å². The number of aliphatic hydroxyl groups is 1. The van der Waals surface area contributed by atoms with E-state index in [0.29, 0.717) is 0 Å². The highest BCUT2D eigenvalue weighted by molar-refractivity contribution is 5.57. The van der Waals surface area contributed by atoms with Gasteiger partial charge in [0.25, 0.3) is 0 Å². The molecule has 1 aliphatic rings. The molecule has 106 valence electrons. The average molecular weight is 262 g/mol. The van der Waals surface area contributed by atoms with Gasteiger partial charge >= 0.3 is 0 Å². The highest BCUT2D eigenvalue weighted by atomic mass is 16.3. The Kier molecular flexibility index (Phi) is 4.83. The summed E-state index contributed by atoms with van der Waals surface area (Å²) in [6, 6.07) is 8.72.